The SMILES string of the molecule is Cc1cc(C)c(NC(=O)CNC(=O)COc2ccccc2O)c(C)c1. The first-order valence-corrected chi connectivity index (χ1v) is 7.92. The van der Waals surface area contributed by atoms with Crippen molar-refractivity contribution in [1.82, 2.24) is 5.32 Å². The van der Waals surface area contributed by atoms with E-state index in [-0.39, 0.29) is 30.6 Å². The number of phenols is 1. The number of hydrogen-bond donors (Lipinski definition) is 3. The predicted octanol–water partition coefficient (Wildman–Crippen LogP) is 2.45. The largest absolute Gasteiger partial charge is 0.504 e. The molecule has 2 aromatic rings. The lowest BCUT2D eigenvalue weighted by atomic mass is 10.1. The Hall–Kier alpha value is -3.02. The Labute approximate surface area is 146 Å². The number of benzene rings is 2. The summed E-state index contributed by atoms with van der Waals surface area (Å²) >= 11 is 0. The molecule has 0 saturated heterocycles. The van der Waals surface area contributed by atoms with Gasteiger partial charge in [0, 0.05) is 5.69 Å². The molecule has 2 rings (SSSR count). The summed E-state index contributed by atoms with van der Waals surface area (Å²) < 4.78 is 5.21. The third kappa shape index (κ3) is 5.24. The third-order valence-electron chi connectivity index (χ3n) is 3.61. The van der Waals surface area contributed by atoms with Crippen molar-refractivity contribution < 1.29 is 19.4 Å². The van der Waals surface area contributed by atoms with Gasteiger partial charge >= 0.3 is 0 Å². The van der Waals surface area contributed by atoms with Gasteiger partial charge < -0.3 is 20.5 Å². The Balaban J connectivity index is 1.82. The van der Waals surface area contributed by atoms with Gasteiger partial charge in [0.1, 0.15) is 0 Å². The normalized spacial score (nSPS) is 10.2. The van der Waals surface area contributed by atoms with E-state index in [0.717, 1.165) is 22.4 Å². The molecular weight excluding hydrogens is 320 g/mol. The van der Waals surface area contributed by atoms with Crippen LogP contribution < -0.4 is 15.4 Å². The number of anilines is 1. The van der Waals surface area contributed by atoms with Crippen LogP contribution in [0.5, 0.6) is 11.5 Å². The number of nitrogens with one attached hydrogen (secondary N) is 2. The van der Waals surface area contributed by atoms with E-state index in [4.69, 9.17) is 4.74 Å². The lowest BCUT2D eigenvalue weighted by Gasteiger charge is -2.13. The summed E-state index contributed by atoms with van der Waals surface area (Å²) in [7, 11) is 0. The molecule has 0 aliphatic carbocycles. The highest BCUT2D eigenvalue weighted by molar-refractivity contribution is 5.95. The number of aryl methyl sites for hydroxylation is 3. The van der Waals surface area contributed by atoms with Crippen LogP contribution in [0.15, 0.2) is 36.4 Å². The molecule has 2 aromatic carbocycles. The molecule has 0 aliphatic rings. The van der Waals surface area contributed by atoms with Gasteiger partial charge in [0.15, 0.2) is 18.1 Å². The first kappa shape index (κ1) is 18.3. The van der Waals surface area contributed by atoms with Crippen molar-refractivity contribution in [2.75, 3.05) is 18.5 Å². The van der Waals surface area contributed by atoms with E-state index in [2.05, 4.69) is 10.6 Å². The maximum atomic E-state index is 12.0. The number of rotatable bonds is 6. The third-order valence-corrected chi connectivity index (χ3v) is 3.61. The summed E-state index contributed by atoms with van der Waals surface area (Å²) in [6.07, 6.45) is 0. The minimum absolute atomic E-state index is 0.0432. The maximum Gasteiger partial charge on any atom is 0.258 e. The van der Waals surface area contributed by atoms with E-state index in [0.29, 0.717) is 0 Å². The van der Waals surface area contributed by atoms with Crippen LogP contribution in [0.25, 0.3) is 0 Å². The van der Waals surface area contributed by atoms with Gasteiger partial charge in [-0.25, -0.2) is 0 Å². The second-order valence-electron chi connectivity index (χ2n) is 5.86. The second kappa shape index (κ2) is 8.19. The molecule has 0 aliphatic heterocycles. The molecule has 0 aromatic heterocycles. The van der Waals surface area contributed by atoms with Crippen molar-refractivity contribution in [2.45, 2.75) is 20.8 Å². The van der Waals surface area contributed by atoms with Crippen molar-refractivity contribution >= 4 is 17.5 Å². The summed E-state index contributed by atoms with van der Waals surface area (Å²) in [5.74, 6) is -0.590. The van der Waals surface area contributed by atoms with Gasteiger partial charge in [-0.15, -0.1) is 0 Å². The number of amides is 2. The smallest absolute Gasteiger partial charge is 0.258 e. The van der Waals surface area contributed by atoms with Crippen LogP contribution >= 0.6 is 0 Å². The summed E-state index contributed by atoms with van der Waals surface area (Å²) in [5.41, 5.74) is 3.83. The van der Waals surface area contributed by atoms with Crippen molar-refractivity contribution in [2.24, 2.45) is 0 Å². The molecule has 0 unspecified atom stereocenters. The standard InChI is InChI=1S/C19H22N2O4/c1-12-8-13(2)19(14(3)9-12)21-17(23)10-20-18(24)11-25-16-7-5-4-6-15(16)22/h4-9,22H,10-11H2,1-3H3,(H,20,24)(H,21,23). The second-order valence-corrected chi connectivity index (χ2v) is 5.86. The molecule has 6 heteroatoms. The molecular formula is C19H22N2O4. The van der Waals surface area contributed by atoms with Crippen molar-refractivity contribution in [3.63, 3.8) is 0 Å². The topological polar surface area (TPSA) is 87.7 Å². The van der Waals surface area contributed by atoms with Gasteiger partial charge in [0.25, 0.3) is 5.91 Å². The van der Waals surface area contributed by atoms with Gasteiger partial charge in [0.05, 0.1) is 6.54 Å². The van der Waals surface area contributed by atoms with Gasteiger partial charge in [-0.05, 0) is 44.0 Å². The van der Waals surface area contributed by atoms with E-state index in [9.17, 15) is 14.7 Å². The molecule has 0 heterocycles. The summed E-state index contributed by atoms with van der Waals surface area (Å²) in [6.45, 7) is 5.41. The van der Waals surface area contributed by atoms with Crippen LogP contribution in [-0.4, -0.2) is 30.1 Å². The fourth-order valence-corrected chi connectivity index (χ4v) is 2.51. The maximum absolute atomic E-state index is 12.0. The lowest BCUT2D eigenvalue weighted by Crippen LogP contribution is -2.36. The predicted molar refractivity (Wildman–Crippen MR) is 95.9 cm³/mol. The Kier molecular flexibility index (Phi) is 6.00. The molecule has 0 saturated carbocycles. The van der Waals surface area contributed by atoms with Gasteiger partial charge in [-0.1, -0.05) is 29.8 Å². The molecule has 6 nitrogen and oxygen atoms in total. The lowest BCUT2D eigenvalue weighted by molar-refractivity contribution is -0.125. The van der Waals surface area contributed by atoms with Crippen LogP contribution in [0.2, 0.25) is 0 Å². The van der Waals surface area contributed by atoms with Crippen LogP contribution in [0.1, 0.15) is 16.7 Å². The van der Waals surface area contributed by atoms with Crippen molar-refractivity contribution in [3.8, 4) is 11.5 Å². The first-order chi connectivity index (χ1) is 11.9. The zero-order valence-corrected chi connectivity index (χ0v) is 14.6. The van der Waals surface area contributed by atoms with Gasteiger partial charge in [-0.2, -0.15) is 0 Å². The number of aromatic hydroxyl groups is 1. The number of hydrogen-bond acceptors (Lipinski definition) is 4. The molecule has 0 fully saturated rings. The van der Waals surface area contributed by atoms with E-state index in [1.165, 1.54) is 6.07 Å². The minimum atomic E-state index is -0.448. The molecule has 2 amide bonds. The van der Waals surface area contributed by atoms with E-state index in [1.807, 2.05) is 32.9 Å². The Morgan fingerprint density at radius 1 is 1.04 bits per heavy atom. The molecule has 0 radical (unpaired) electrons. The van der Waals surface area contributed by atoms with E-state index < -0.39 is 5.91 Å². The van der Waals surface area contributed by atoms with Crippen molar-refractivity contribution in [1.29, 1.82) is 0 Å². The average Bonchev–Trinajstić information content (AvgIpc) is 2.55. The van der Waals surface area contributed by atoms with Gasteiger partial charge in [0.2, 0.25) is 5.91 Å². The Morgan fingerprint density at radius 2 is 1.68 bits per heavy atom. The Morgan fingerprint density at radius 3 is 2.32 bits per heavy atom. The average molecular weight is 342 g/mol. The molecule has 0 atom stereocenters. The highest BCUT2D eigenvalue weighted by Crippen LogP contribution is 2.24. The molecule has 132 valence electrons. The van der Waals surface area contributed by atoms with Gasteiger partial charge in [-0.3, -0.25) is 9.59 Å². The van der Waals surface area contributed by atoms with Crippen LogP contribution in [-0.2, 0) is 9.59 Å². The monoisotopic (exact) mass is 342 g/mol. The number of ether oxygens (including phenoxy) is 1. The highest BCUT2D eigenvalue weighted by atomic mass is 16.5. The van der Waals surface area contributed by atoms with Crippen LogP contribution in [0.3, 0.4) is 0 Å². The molecule has 0 spiro atoms. The molecule has 3 N–H and O–H groups in total. The van der Waals surface area contributed by atoms with E-state index in [1.54, 1.807) is 18.2 Å². The van der Waals surface area contributed by atoms with Crippen LogP contribution in [0, 0.1) is 20.8 Å². The quantitative estimate of drug-likeness (QED) is 0.752. The number of phenolic OH excluding ortho intramolecular Hbond substituents is 1. The number of carbonyl (C=O) groups excluding carboxylic acids is 2. The first-order valence-electron chi connectivity index (χ1n) is 7.92. The zero-order valence-electron chi connectivity index (χ0n) is 14.6. The molecule has 0 bridgehead atoms. The summed E-state index contributed by atoms with van der Waals surface area (Å²) in [6, 6.07) is 10.3. The minimum Gasteiger partial charge on any atom is -0.504 e. The van der Waals surface area contributed by atoms with Crippen LogP contribution in [0.4, 0.5) is 5.69 Å². The summed E-state index contributed by atoms with van der Waals surface area (Å²) in [5, 5.41) is 14.9. The van der Waals surface area contributed by atoms with E-state index >= 15 is 0 Å². The fraction of sp³-hybridized carbons (Fsp3) is 0.263. The fourth-order valence-electron chi connectivity index (χ4n) is 2.51. The zero-order chi connectivity index (χ0) is 18.4. The summed E-state index contributed by atoms with van der Waals surface area (Å²) in [4.78, 5) is 23.8. The number of para-hydroxylation sites is 2. The molecule has 25 heavy (non-hydrogen) atoms. The van der Waals surface area contributed by atoms with Crippen molar-refractivity contribution in [3.05, 3.63) is 53.1 Å². The number of carbonyl (C=O) groups is 2. The highest BCUT2D eigenvalue weighted by Gasteiger charge is 2.11. The Bertz CT molecular complexity index is 764.